The lowest BCUT2D eigenvalue weighted by molar-refractivity contribution is -0.00618. The van der Waals surface area contributed by atoms with Crippen molar-refractivity contribution in [1.82, 2.24) is 43.3 Å². The van der Waals surface area contributed by atoms with Gasteiger partial charge in [0.15, 0.2) is 0 Å². The highest BCUT2D eigenvalue weighted by Crippen LogP contribution is 2.51. The molecule has 26 heteroatoms. The maximum atomic E-state index is 11.8. The van der Waals surface area contributed by atoms with Gasteiger partial charge in [0.1, 0.15) is 17.2 Å². The summed E-state index contributed by atoms with van der Waals surface area (Å²) in [5.74, 6) is 4.22. The second-order valence-electron chi connectivity index (χ2n) is 29.6. The van der Waals surface area contributed by atoms with Crippen molar-refractivity contribution in [1.29, 1.82) is 0 Å². The SMILES string of the molecule is BrB(Br)Br.CN1CC[C@]2(C)c3cc(O)ccc3C[C@@H]1[C@@H]2N(C)CC1CCN(S(C)(=O)=O)CC1.COc1ccc2c(c1)[C@@]1(C)CCN(C)[C@H](C2)[C@@H]1N(C)CC1CCN(S(C)(=O)=O)CC1.COc1ccc2c(c1)[C@@]1(C)CCN(C)[C@H](C2)[C@@H]1N(C)CC1CCNCC1.CS(=O)(=O)Cl. The Hall–Kier alpha value is -1.66. The normalized spacial score (nSPS) is 29.6. The first-order chi connectivity index (χ1) is 44.0. The minimum atomic E-state index is -3.19. The van der Waals surface area contributed by atoms with E-state index in [-0.39, 0.29) is 19.4 Å². The van der Waals surface area contributed by atoms with Gasteiger partial charge in [-0.05, 0) is 240 Å². The van der Waals surface area contributed by atoms with Crippen LogP contribution in [0.15, 0.2) is 54.6 Å². The number of nitrogens with one attached hydrogen (secondary N) is 1. The maximum absolute atomic E-state index is 11.8. The summed E-state index contributed by atoms with van der Waals surface area (Å²) >= 11 is 9.31. The van der Waals surface area contributed by atoms with Crippen molar-refractivity contribution >= 4 is 90.2 Å². The third kappa shape index (κ3) is 18.9. The largest absolute Gasteiger partial charge is 0.508 e. The lowest BCUT2D eigenvalue weighted by Crippen LogP contribution is -2.66. The van der Waals surface area contributed by atoms with Gasteiger partial charge in [0, 0.05) is 109 Å². The van der Waals surface area contributed by atoms with Gasteiger partial charge in [-0.3, -0.25) is 0 Å². The van der Waals surface area contributed by atoms with E-state index in [1.807, 2.05) is 12.1 Å². The number of benzene rings is 3. The molecule has 12 rings (SSSR count). The highest BCUT2D eigenvalue weighted by Gasteiger charge is 2.55. The average molecular weight is 1580 g/mol. The van der Waals surface area contributed by atoms with Gasteiger partial charge < -0.3 is 49.3 Å². The Morgan fingerprint density at radius 2 is 0.819 bits per heavy atom. The van der Waals surface area contributed by atoms with E-state index in [2.05, 4.69) is 198 Å². The number of hydrogen-bond acceptors (Lipinski definition) is 16. The Balaban J connectivity index is 0.000000170. The summed E-state index contributed by atoms with van der Waals surface area (Å²) in [6.45, 7) is 18.9. The second kappa shape index (κ2) is 32.6. The molecule has 0 saturated carbocycles. The third-order valence-corrected chi connectivity index (χ3v) is 25.8. The second-order valence-corrected chi connectivity index (χ2v) is 43.1. The van der Waals surface area contributed by atoms with Crippen molar-refractivity contribution < 1.29 is 39.8 Å². The van der Waals surface area contributed by atoms with Crippen LogP contribution in [0.4, 0.5) is 0 Å². The van der Waals surface area contributed by atoms with Crippen molar-refractivity contribution in [3.63, 3.8) is 0 Å². The molecule has 0 spiro atoms. The van der Waals surface area contributed by atoms with Gasteiger partial charge in [-0.25, -0.2) is 33.9 Å². The van der Waals surface area contributed by atoms with Crippen LogP contribution >= 0.6 is 58.0 Å². The smallest absolute Gasteiger partial charge is 0.369 e. The topological polar surface area (TPSA) is 179 Å². The van der Waals surface area contributed by atoms with Crippen LogP contribution in [0, 0.1) is 17.8 Å². The summed E-state index contributed by atoms with van der Waals surface area (Å²) < 4.78 is 80.7. The number of phenols is 1. The number of likely N-dealkylation sites (N-methyl/N-ethyl adjacent to an activating group) is 6. The fourth-order valence-corrected chi connectivity index (χ4v) is 20.1. The molecule has 3 aromatic carbocycles. The molecule has 0 radical (unpaired) electrons. The van der Waals surface area contributed by atoms with Crippen LogP contribution in [0.3, 0.4) is 0 Å². The molecule has 3 aliphatic carbocycles. The molecule has 9 aliphatic rings. The summed E-state index contributed by atoms with van der Waals surface area (Å²) in [5.41, 5.74) is 8.97. The van der Waals surface area contributed by atoms with Crippen LogP contribution in [0.1, 0.15) is 112 Å². The number of phenolic OH excluding ortho intramolecular Hbond substituents is 1. The first-order valence-electron chi connectivity index (χ1n) is 33.8. The van der Waals surface area contributed by atoms with Gasteiger partial charge in [0.05, 0.1) is 33.0 Å². The van der Waals surface area contributed by atoms with E-state index >= 15 is 0 Å². The molecule has 6 heterocycles. The third-order valence-electron chi connectivity index (χ3n) is 23.2. The van der Waals surface area contributed by atoms with E-state index in [0.717, 1.165) is 108 Å². The predicted octanol–water partition coefficient (Wildman–Crippen LogP) is 8.92. The monoisotopic (exact) mass is 1580 g/mol. The Morgan fingerprint density at radius 3 is 1.12 bits per heavy atom. The van der Waals surface area contributed by atoms with Gasteiger partial charge in [-0.2, -0.15) is 0 Å². The first-order valence-corrected chi connectivity index (χ1v) is 43.0. The number of hydrogen-bond donors (Lipinski definition) is 2. The number of methoxy groups -OCH3 is 2. The highest BCUT2D eigenvalue weighted by molar-refractivity contribution is 9.69. The minimum Gasteiger partial charge on any atom is -0.508 e. The number of likely N-dealkylation sites (tertiary alicyclic amines) is 3. The molecule has 6 saturated heterocycles. The van der Waals surface area contributed by atoms with E-state index in [0.29, 0.717) is 80.0 Å². The standard InChI is InChI=1S/C23H37N3O3S.C22H35N3O3S.C22H35N3O.CH3ClO2S.BBr3/c1-23-10-13-24(2)21(14-18-6-7-19(29-4)15-20(18)23)22(23)25(3)16-17-8-11-26(12-9-17)30(5,27)28;1-22-9-12-23(2)20(13-17-5-6-18(26)14-19(17)22)21(22)24(3)15-16-7-10-25(11-8-16)29(4,27)28;1-22-9-12-24(2)20(13-17-5-6-18(26-4)14-19(17)22)21(22)25(3)15-16-7-10-23-11-8-16;1-5(2,3)4;2-1(3)4/h6-7,15,17,21-22H,8-14,16H2,1-5H3;5-6,14,16,20-21,26H,7-13,15H2,1-4H3;5-6,14,16,20-21,23H,7-13,15H2,1-4H3;1H3;/t21-,22+,23-;2*20-,21+,22-;;/m111../s1. The van der Waals surface area contributed by atoms with Gasteiger partial charge >= 0.3 is 3.18 Å². The summed E-state index contributed by atoms with van der Waals surface area (Å²) in [5, 5.41) is 13.7. The van der Waals surface area contributed by atoms with E-state index in [4.69, 9.17) is 9.47 Å². The molecule has 0 unspecified atom stereocenters. The molecular formula is C68H110BBr3ClN9O9S3. The number of rotatable bonds is 13. The number of halogens is 4. The van der Waals surface area contributed by atoms with Crippen molar-refractivity contribution in [2.45, 2.75) is 150 Å². The van der Waals surface area contributed by atoms with Gasteiger partial charge in [0.25, 0.3) is 0 Å². The molecule has 0 aromatic heterocycles. The summed E-state index contributed by atoms with van der Waals surface area (Å²) in [6, 6.07) is 22.3. The Bertz CT molecular complexity index is 3360. The maximum Gasteiger partial charge on any atom is 0.369 e. The number of ether oxygens (including phenoxy) is 2. The quantitative estimate of drug-likeness (QED) is 0.122. The highest BCUT2D eigenvalue weighted by atomic mass is 79.9. The number of sulfonamides is 2. The van der Waals surface area contributed by atoms with Gasteiger partial charge in [0.2, 0.25) is 29.1 Å². The van der Waals surface area contributed by atoms with Gasteiger partial charge in [-0.15, -0.1) is 47.3 Å². The van der Waals surface area contributed by atoms with Crippen LogP contribution in [0.5, 0.6) is 17.2 Å². The van der Waals surface area contributed by atoms with E-state index in [9.17, 15) is 30.4 Å². The minimum absolute atomic E-state index is 0.0196. The summed E-state index contributed by atoms with van der Waals surface area (Å²) in [4.78, 5) is 15.5. The van der Waals surface area contributed by atoms with Crippen molar-refractivity contribution in [2.24, 2.45) is 17.8 Å². The van der Waals surface area contributed by atoms with Crippen LogP contribution in [0.2, 0.25) is 0 Å². The molecule has 3 aromatic rings. The molecule has 6 fully saturated rings. The molecule has 6 bridgehead atoms. The van der Waals surface area contributed by atoms with E-state index in [1.165, 1.54) is 91.3 Å². The van der Waals surface area contributed by atoms with Crippen molar-refractivity contribution in [3.8, 4) is 17.2 Å². The molecule has 0 amide bonds. The van der Waals surface area contributed by atoms with Crippen LogP contribution < -0.4 is 14.8 Å². The predicted molar refractivity (Wildman–Crippen MR) is 397 cm³/mol. The molecule has 9 atom stereocenters. The zero-order valence-corrected chi connectivity index (χ0v) is 66.4. The zero-order valence-electron chi connectivity index (χ0n) is 58.5. The van der Waals surface area contributed by atoms with Crippen LogP contribution in [-0.4, -0.2) is 262 Å². The summed E-state index contributed by atoms with van der Waals surface area (Å²) in [6.07, 6.45) is 16.7. The fourth-order valence-electron chi connectivity index (χ4n) is 18.4. The Labute approximate surface area is 595 Å². The van der Waals surface area contributed by atoms with E-state index in [1.54, 1.807) is 22.8 Å². The average Bonchev–Trinajstić information content (AvgIpc) is 0.745. The number of nitrogens with zero attached hydrogens (tertiary/aromatic N) is 8. The molecular weight excluding hydrogens is 1470 g/mol. The lowest BCUT2D eigenvalue weighted by Gasteiger charge is -2.58. The molecule has 94 heavy (non-hydrogen) atoms. The molecule has 18 nitrogen and oxygen atoms in total. The summed E-state index contributed by atoms with van der Waals surface area (Å²) in [7, 11) is 12.4. The molecule has 2 N–H and O–H groups in total. The zero-order chi connectivity index (χ0) is 69.0. The van der Waals surface area contributed by atoms with Crippen molar-refractivity contribution in [2.75, 3.05) is 154 Å². The van der Waals surface area contributed by atoms with Crippen LogP contribution in [0.25, 0.3) is 0 Å². The molecule has 530 valence electrons. The van der Waals surface area contributed by atoms with Crippen molar-refractivity contribution in [3.05, 3.63) is 88.0 Å². The fraction of sp³-hybridized carbons (Fsp3) is 0.735. The number of aromatic hydroxyl groups is 1. The van der Waals surface area contributed by atoms with E-state index < -0.39 is 29.1 Å². The Kier molecular flexibility index (Phi) is 27.0. The Morgan fingerprint density at radius 1 is 0.532 bits per heavy atom. The van der Waals surface area contributed by atoms with Crippen LogP contribution in [-0.2, 0) is 64.6 Å². The number of piperidine rings is 6. The first kappa shape index (κ1) is 78.1. The van der Waals surface area contributed by atoms with Gasteiger partial charge in [-0.1, -0.05) is 39.0 Å². The molecule has 6 aliphatic heterocycles. The lowest BCUT2D eigenvalue weighted by atomic mass is 9.61. The number of fused-ring (bicyclic) bond motifs is 12.